The first-order chi connectivity index (χ1) is 9.33. The Balaban J connectivity index is 2.17. The summed E-state index contributed by atoms with van der Waals surface area (Å²) >= 11 is 0. The molecule has 1 aliphatic heterocycles. The Labute approximate surface area is 127 Å². The van der Waals surface area contributed by atoms with Crippen LogP contribution in [0.1, 0.15) is 60.8 Å². The molecule has 3 nitrogen and oxygen atoms in total. The standard InChI is InChI=1S/C17H37N3/c1-7-15(2)19-11-13-20(14-12-19)16(3)9-8-10-18-17(4,5)6/h15-16,18H,7-14H2,1-6H3. The van der Waals surface area contributed by atoms with E-state index in [1.807, 2.05) is 0 Å². The van der Waals surface area contributed by atoms with Crippen molar-refractivity contribution in [3.63, 3.8) is 0 Å². The third-order valence-corrected chi connectivity index (χ3v) is 4.64. The molecule has 120 valence electrons. The monoisotopic (exact) mass is 283 g/mol. The first-order valence-corrected chi connectivity index (χ1v) is 8.56. The van der Waals surface area contributed by atoms with E-state index < -0.39 is 0 Å². The summed E-state index contributed by atoms with van der Waals surface area (Å²) in [5.41, 5.74) is 0.255. The van der Waals surface area contributed by atoms with E-state index in [1.165, 1.54) is 45.4 Å². The van der Waals surface area contributed by atoms with Crippen molar-refractivity contribution < 1.29 is 0 Å². The lowest BCUT2D eigenvalue weighted by Crippen LogP contribution is -2.52. The molecule has 0 aliphatic carbocycles. The highest BCUT2D eigenvalue weighted by Gasteiger charge is 2.22. The summed E-state index contributed by atoms with van der Waals surface area (Å²) in [4.78, 5) is 5.32. The van der Waals surface area contributed by atoms with Gasteiger partial charge in [0.2, 0.25) is 0 Å². The SMILES string of the molecule is CCC(C)N1CCN(C(C)CCCNC(C)(C)C)CC1. The molecule has 2 unspecified atom stereocenters. The molecule has 3 heteroatoms. The Hall–Kier alpha value is -0.120. The smallest absolute Gasteiger partial charge is 0.0113 e. The van der Waals surface area contributed by atoms with E-state index in [0.29, 0.717) is 0 Å². The molecular formula is C17H37N3. The van der Waals surface area contributed by atoms with Crippen LogP contribution >= 0.6 is 0 Å². The summed E-state index contributed by atoms with van der Waals surface area (Å²) in [6, 6.07) is 1.49. The van der Waals surface area contributed by atoms with Gasteiger partial charge in [-0.25, -0.2) is 0 Å². The first kappa shape index (κ1) is 17.9. The number of hydrogen-bond acceptors (Lipinski definition) is 3. The largest absolute Gasteiger partial charge is 0.312 e. The number of rotatable bonds is 7. The van der Waals surface area contributed by atoms with Gasteiger partial charge in [0.05, 0.1) is 0 Å². The van der Waals surface area contributed by atoms with Gasteiger partial charge in [0.1, 0.15) is 0 Å². The van der Waals surface area contributed by atoms with Gasteiger partial charge in [0, 0.05) is 43.8 Å². The van der Waals surface area contributed by atoms with E-state index in [0.717, 1.165) is 18.6 Å². The van der Waals surface area contributed by atoms with Crippen molar-refractivity contribution in [2.45, 2.75) is 78.4 Å². The molecule has 1 rings (SSSR count). The van der Waals surface area contributed by atoms with Crippen LogP contribution in [0.3, 0.4) is 0 Å². The minimum Gasteiger partial charge on any atom is -0.312 e. The van der Waals surface area contributed by atoms with E-state index in [1.54, 1.807) is 0 Å². The summed E-state index contributed by atoms with van der Waals surface area (Å²) in [5, 5.41) is 3.58. The van der Waals surface area contributed by atoms with Crippen LogP contribution in [0.5, 0.6) is 0 Å². The zero-order valence-electron chi connectivity index (χ0n) is 14.7. The first-order valence-electron chi connectivity index (χ1n) is 8.56. The predicted molar refractivity (Wildman–Crippen MR) is 89.4 cm³/mol. The third-order valence-electron chi connectivity index (χ3n) is 4.64. The molecule has 0 radical (unpaired) electrons. The molecule has 0 saturated carbocycles. The van der Waals surface area contributed by atoms with Gasteiger partial charge < -0.3 is 5.32 Å². The number of nitrogens with one attached hydrogen (secondary N) is 1. The second-order valence-corrected chi connectivity index (χ2v) is 7.50. The second kappa shape index (κ2) is 8.35. The molecular weight excluding hydrogens is 246 g/mol. The van der Waals surface area contributed by atoms with Gasteiger partial charge in [-0.15, -0.1) is 0 Å². The molecule has 2 atom stereocenters. The molecule has 0 bridgehead atoms. The highest BCUT2D eigenvalue weighted by atomic mass is 15.3. The maximum Gasteiger partial charge on any atom is 0.0113 e. The van der Waals surface area contributed by atoms with Crippen molar-refractivity contribution in [3.8, 4) is 0 Å². The van der Waals surface area contributed by atoms with Gasteiger partial charge in [-0.1, -0.05) is 6.92 Å². The molecule has 0 spiro atoms. The molecule has 1 aliphatic rings. The fraction of sp³-hybridized carbons (Fsp3) is 1.00. The van der Waals surface area contributed by atoms with Crippen LogP contribution in [0, 0.1) is 0 Å². The Bertz CT molecular complexity index is 251. The van der Waals surface area contributed by atoms with Crippen molar-refractivity contribution in [3.05, 3.63) is 0 Å². The van der Waals surface area contributed by atoms with Crippen LogP contribution in [0.15, 0.2) is 0 Å². The Morgan fingerprint density at radius 1 is 0.950 bits per heavy atom. The van der Waals surface area contributed by atoms with Crippen molar-refractivity contribution in [1.82, 2.24) is 15.1 Å². The van der Waals surface area contributed by atoms with Crippen molar-refractivity contribution >= 4 is 0 Å². The minimum atomic E-state index is 0.255. The predicted octanol–water partition coefficient (Wildman–Crippen LogP) is 2.96. The normalized spacial score (nSPS) is 21.9. The molecule has 1 N–H and O–H groups in total. The highest BCUT2D eigenvalue weighted by molar-refractivity contribution is 4.79. The van der Waals surface area contributed by atoms with E-state index in [2.05, 4.69) is 56.7 Å². The third kappa shape index (κ3) is 6.55. The van der Waals surface area contributed by atoms with E-state index in [9.17, 15) is 0 Å². The average molecular weight is 284 g/mol. The fourth-order valence-electron chi connectivity index (χ4n) is 2.92. The fourth-order valence-corrected chi connectivity index (χ4v) is 2.92. The van der Waals surface area contributed by atoms with Gasteiger partial charge in [-0.2, -0.15) is 0 Å². The van der Waals surface area contributed by atoms with E-state index >= 15 is 0 Å². The maximum absolute atomic E-state index is 3.58. The molecule has 20 heavy (non-hydrogen) atoms. The van der Waals surface area contributed by atoms with Gasteiger partial charge in [-0.3, -0.25) is 9.80 Å². The maximum atomic E-state index is 3.58. The van der Waals surface area contributed by atoms with Crippen molar-refractivity contribution in [1.29, 1.82) is 0 Å². The van der Waals surface area contributed by atoms with E-state index in [-0.39, 0.29) is 5.54 Å². The summed E-state index contributed by atoms with van der Waals surface area (Å²) in [5.74, 6) is 0. The van der Waals surface area contributed by atoms with Gasteiger partial charge in [0.25, 0.3) is 0 Å². The van der Waals surface area contributed by atoms with Crippen molar-refractivity contribution in [2.24, 2.45) is 0 Å². The Morgan fingerprint density at radius 2 is 1.45 bits per heavy atom. The van der Waals surface area contributed by atoms with Gasteiger partial charge in [0.15, 0.2) is 0 Å². The molecule has 1 fully saturated rings. The zero-order valence-corrected chi connectivity index (χ0v) is 14.7. The molecule has 1 saturated heterocycles. The summed E-state index contributed by atoms with van der Waals surface area (Å²) in [6.07, 6.45) is 3.87. The zero-order chi connectivity index (χ0) is 15.2. The van der Waals surface area contributed by atoms with Gasteiger partial charge in [-0.05, 0) is 60.4 Å². The molecule has 0 aromatic rings. The minimum absolute atomic E-state index is 0.255. The van der Waals surface area contributed by atoms with Crippen LogP contribution in [0.25, 0.3) is 0 Å². The Morgan fingerprint density at radius 3 is 1.90 bits per heavy atom. The lowest BCUT2D eigenvalue weighted by molar-refractivity contribution is 0.0741. The van der Waals surface area contributed by atoms with Crippen LogP contribution in [-0.2, 0) is 0 Å². The van der Waals surface area contributed by atoms with Crippen LogP contribution in [0.2, 0.25) is 0 Å². The number of nitrogens with zero attached hydrogens (tertiary/aromatic N) is 2. The van der Waals surface area contributed by atoms with Gasteiger partial charge >= 0.3 is 0 Å². The number of piperazine rings is 1. The Kier molecular flexibility index (Phi) is 7.49. The lowest BCUT2D eigenvalue weighted by atomic mass is 10.1. The summed E-state index contributed by atoms with van der Waals surface area (Å²) in [7, 11) is 0. The molecule has 0 aromatic heterocycles. The van der Waals surface area contributed by atoms with E-state index in [4.69, 9.17) is 0 Å². The molecule has 0 amide bonds. The second-order valence-electron chi connectivity index (χ2n) is 7.50. The molecule has 1 heterocycles. The van der Waals surface area contributed by atoms with Crippen LogP contribution in [-0.4, -0.2) is 60.1 Å². The topological polar surface area (TPSA) is 18.5 Å². The molecule has 0 aromatic carbocycles. The lowest BCUT2D eigenvalue weighted by Gasteiger charge is -2.40. The number of hydrogen-bond donors (Lipinski definition) is 1. The van der Waals surface area contributed by atoms with Crippen molar-refractivity contribution in [2.75, 3.05) is 32.7 Å². The summed E-state index contributed by atoms with van der Waals surface area (Å²) < 4.78 is 0. The summed E-state index contributed by atoms with van der Waals surface area (Å²) in [6.45, 7) is 19.9. The van der Waals surface area contributed by atoms with Crippen LogP contribution < -0.4 is 5.32 Å². The quantitative estimate of drug-likeness (QED) is 0.725. The highest BCUT2D eigenvalue weighted by Crippen LogP contribution is 2.13. The average Bonchev–Trinajstić information content (AvgIpc) is 2.41. The van der Waals surface area contributed by atoms with Crippen LogP contribution in [0.4, 0.5) is 0 Å².